The van der Waals surface area contributed by atoms with E-state index in [4.69, 9.17) is 4.74 Å². The maximum atomic E-state index is 5.26. The molecule has 1 aliphatic rings. The van der Waals surface area contributed by atoms with E-state index in [1.165, 1.54) is 16.3 Å². The van der Waals surface area contributed by atoms with Gasteiger partial charge in [-0.15, -0.1) is 0 Å². The molecular formula is C15H18N2O. The Kier molecular flexibility index (Phi) is 3.02. The number of fused-ring (bicyclic) bond motifs is 1. The predicted molar refractivity (Wildman–Crippen MR) is 72.4 cm³/mol. The summed E-state index contributed by atoms with van der Waals surface area (Å²) >= 11 is 0. The second-order valence-corrected chi connectivity index (χ2v) is 5.42. The summed E-state index contributed by atoms with van der Waals surface area (Å²) < 4.78 is 5.26. The summed E-state index contributed by atoms with van der Waals surface area (Å²) in [5, 5.41) is 6.03. The van der Waals surface area contributed by atoms with Crippen molar-refractivity contribution in [3.8, 4) is 0 Å². The molecule has 1 fully saturated rings. The zero-order valence-corrected chi connectivity index (χ0v) is 10.6. The van der Waals surface area contributed by atoms with Gasteiger partial charge in [-0.1, -0.05) is 25.1 Å². The minimum atomic E-state index is 0.326. The Morgan fingerprint density at radius 2 is 2.22 bits per heavy atom. The van der Waals surface area contributed by atoms with Gasteiger partial charge < -0.3 is 10.1 Å². The van der Waals surface area contributed by atoms with Crippen LogP contribution in [-0.4, -0.2) is 24.7 Å². The smallest absolute Gasteiger partial charge is 0.0554 e. The second kappa shape index (κ2) is 4.67. The third-order valence-corrected chi connectivity index (χ3v) is 3.54. The maximum Gasteiger partial charge on any atom is 0.0554 e. The number of rotatable bonds is 4. The molecule has 0 unspecified atom stereocenters. The number of benzene rings is 1. The lowest BCUT2D eigenvalue weighted by molar-refractivity contribution is -0.0991. The molecule has 3 heteroatoms. The zero-order chi connectivity index (χ0) is 12.4. The van der Waals surface area contributed by atoms with Crippen molar-refractivity contribution in [3.05, 3.63) is 42.2 Å². The average molecular weight is 242 g/mol. The van der Waals surface area contributed by atoms with Gasteiger partial charge >= 0.3 is 0 Å². The molecule has 0 amide bonds. The van der Waals surface area contributed by atoms with Crippen molar-refractivity contribution in [2.75, 3.05) is 19.8 Å². The zero-order valence-electron chi connectivity index (χ0n) is 10.6. The highest BCUT2D eigenvalue weighted by molar-refractivity contribution is 5.84. The largest absolute Gasteiger partial charge is 0.380 e. The van der Waals surface area contributed by atoms with Crippen LogP contribution in [-0.2, 0) is 11.3 Å². The number of ether oxygens (including phenoxy) is 1. The molecule has 94 valence electrons. The van der Waals surface area contributed by atoms with Gasteiger partial charge in [0.1, 0.15) is 0 Å². The predicted octanol–water partition coefficient (Wildman–Crippen LogP) is 2.36. The van der Waals surface area contributed by atoms with E-state index in [1.54, 1.807) is 0 Å². The molecule has 1 aromatic carbocycles. The Hall–Kier alpha value is -1.45. The van der Waals surface area contributed by atoms with Crippen molar-refractivity contribution in [3.63, 3.8) is 0 Å². The lowest BCUT2D eigenvalue weighted by Gasteiger charge is -2.38. The van der Waals surface area contributed by atoms with Gasteiger partial charge in [0.25, 0.3) is 0 Å². The van der Waals surface area contributed by atoms with Crippen molar-refractivity contribution in [1.82, 2.24) is 10.3 Å². The van der Waals surface area contributed by atoms with Gasteiger partial charge in [-0.05, 0) is 17.0 Å². The number of aromatic nitrogens is 1. The van der Waals surface area contributed by atoms with Crippen LogP contribution in [0.5, 0.6) is 0 Å². The SMILES string of the molecule is CC1(CNCc2cccc3cnccc23)COC1. The summed E-state index contributed by atoms with van der Waals surface area (Å²) in [7, 11) is 0. The van der Waals surface area contributed by atoms with Gasteiger partial charge in [0.05, 0.1) is 13.2 Å². The van der Waals surface area contributed by atoms with Crippen LogP contribution in [0.25, 0.3) is 10.8 Å². The van der Waals surface area contributed by atoms with Crippen LogP contribution >= 0.6 is 0 Å². The van der Waals surface area contributed by atoms with Crippen LogP contribution in [0.4, 0.5) is 0 Å². The third-order valence-electron chi connectivity index (χ3n) is 3.54. The number of pyridine rings is 1. The standard InChI is InChI=1S/C15H18N2O/c1-15(10-18-11-15)9-17-8-13-4-2-3-12-7-16-6-5-14(12)13/h2-7,17H,8-11H2,1H3. The van der Waals surface area contributed by atoms with Crippen LogP contribution in [0, 0.1) is 5.41 Å². The van der Waals surface area contributed by atoms with E-state index in [9.17, 15) is 0 Å². The van der Waals surface area contributed by atoms with E-state index in [-0.39, 0.29) is 0 Å². The summed E-state index contributed by atoms with van der Waals surface area (Å²) in [6.07, 6.45) is 3.77. The molecular weight excluding hydrogens is 224 g/mol. The summed E-state index contributed by atoms with van der Waals surface area (Å²) in [6, 6.07) is 8.46. The molecule has 2 aromatic rings. The van der Waals surface area contributed by atoms with Crippen LogP contribution < -0.4 is 5.32 Å². The molecule has 0 spiro atoms. The molecule has 0 aliphatic carbocycles. The van der Waals surface area contributed by atoms with E-state index in [1.807, 2.05) is 12.4 Å². The van der Waals surface area contributed by atoms with Gasteiger partial charge in [0, 0.05) is 36.3 Å². The lowest BCUT2D eigenvalue weighted by atomic mass is 9.88. The first kappa shape index (κ1) is 11.6. The van der Waals surface area contributed by atoms with E-state index in [0.717, 1.165) is 26.3 Å². The molecule has 1 aromatic heterocycles. The van der Waals surface area contributed by atoms with Crippen LogP contribution in [0.15, 0.2) is 36.7 Å². The summed E-state index contributed by atoms with van der Waals surface area (Å²) in [4.78, 5) is 4.16. The van der Waals surface area contributed by atoms with E-state index >= 15 is 0 Å². The maximum absolute atomic E-state index is 5.26. The van der Waals surface area contributed by atoms with E-state index in [2.05, 4.69) is 41.5 Å². The highest BCUT2D eigenvalue weighted by Crippen LogP contribution is 2.25. The Labute approximate surface area is 107 Å². The normalized spacial score (nSPS) is 17.6. The monoisotopic (exact) mass is 242 g/mol. The Bertz CT molecular complexity index is 544. The second-order valence-electron chi connectivity index (χ2n) is 5.42. The molecule has 18 heavy (non-hydrogen) atoms. The van der Waals surface area contributed by atoms with Crippen molar-refractivity contribution in [2.24, 2.45) is 5.41 Å². The number of nitrogens with zero attached hydrogens (tertiary/aromatic N) is 1. The van der Waals surface area contributed by atoms with Gasteiger partial charge in [-0.2, -0.15) is 0 Å². The van der Waals surface area contributed by atoms with Gasteiger partial charge in [0.2, 0.25) is 0 Å². The van der Waals surface area contributed by atoms with Crippen LogP contribution in [0.3, 0.4) is 0 Å². The molecule has 3 nitrogen and oxygen atoms in total. The fourth-order valence-electron chi connectivity index (χ4n) is 2.40. The summed E-state index contributed by atoms with van der Waals surface area (Å²) in [5.41, 5.74) is 1.66. The van der Waals surface area contributed by atoms with Crippen molar-refractivity contribution >= 4 is 10.8 Å². The number of nitrogens with one attached hydrogen (secondary N) is 1. The Balaban J connectivity index is 1.70. The molecule has 1 N–H and O–H groups in total. The fourth-order valence-corrected chi connectivity index (χ4v) is 2.40. The molecule has 1 saturated heterocycles. The minimum Gasteiger partial charge on any atom is -0.380 e. The molecule has 0 bridgehead atoms. The molecule has 0 radical (unpaired) electrons. The van der Waals surface area contributed by atoms with Crippen molar-refractivity contribution in [2.45, 2.75) is 13.5 Å². The van der Waals surface area contributed by atoms with Gasteiger partial charge in [-0.3, -0.25) is 4.98 Å². The first-order valence-electron chi connectivity index (χ1n) is 6.37. The quantitative estimate of drug-likeness (QED) is 0.893. The van der Waals surface area contributed by atoms with E-state index in [0.29, 0.717) is 5.41 Å². The Morgan fingerprint density at radius 1 is 1.33 bits per heavy atom. The topological polar surface area (TPSA) is 34.2 Å². The molecule has 0 atom stereocenters. The first-order valence-corrected chi connectivity index (χ1v) is 6.37. The first-order chi connectivity index (χ1) is 8.77. The van der Waals surface area contributed by atoms with Crippen LogP contribution in [0.1, 0.15) is 12.5 Å². The van der Waals surface area contributed by atoms with Crippen molar-refractivity contribution < 1.29 is 4.74 Å². The van der Waals surface area contributed by atoms with Gasteiger partial charge in [-0.25, -0.2) is 0 Å². The minimum absolute atomic E-state index is 0.326. The Morgan fingerprint density at radius 3 is 3.00 bits per heavy atom. The van der Waals surface area contributed by atoms with Crippen LogP contribution in [0.2, 0.25) is 0 Å². The number of hydrogen-bond donors (Lipinski definition) is 1. The third kappa shape index (κ3) is 2.24. The molecule has 3 rings (SSSR count). The number of hydrogen-bond acceptors (Lipinski definition) is 3. The summed E-state index contributed by atoms with van der Waals surface area (Å²) in [5.74, 6) is 0. The van der Waals surface area contributed by atoms with Crippen molar-refractivity contribution in [1.29, 1.82) is 0 Å². The van der Waals surface area contributed by atoms with E-state index < -0.39 is 0 Å². The molecule has 2 heterocycles. The summed E-state index contributed by atoms with van der Waals surface area (Å²) in [6.45, 7) is 5.92. The molecule has 0 saturated carbocycles. The van der Waals surface area contributed by atoms with Gasteiger partial charge in [0.15, 0.2) is 0 Å². The average Bonchev–Trinajstić information content (AvgIpc) is 2.37. The highest BCUT2D eigenvalue weighted by Gasteiger charge is 2.32. The molecule has 1 aliphatic heterocycles. The lowest BCUT2D eigenvalue weighted by Crippen LogP contribution is -2.47. The fraction of sp³-hybridized carbons (Fsp3) is 0.400. The highest BCUT2D eigenvalue weighted by atomic mass is 16.5.